The van der Waals surface area contributed by atoms with Crippen molar-refractivity contribution in [2.24, 2.45) is 0 Å². The molecule has 0 radical (unpaired) electrons. The van der Waals surface area contributed by atoms with E-state index in [1.165, 1.54) is 0 Å². The maximum Gasteiger partial charge on any atom is 0.318 e. The van der Waals surface area contributed by atoms with Gasteiger partial charge in [0, 0.05) is 17.6 Å². The minimum atomic E-state index is -0.286. The average molecular weight is 316 g/mol. The van der Waals surface area contributed by atoms with E-state index in [0.29, 0.717) is 18.3 Å². The normalized spacial score (nSPS) is 11.3. The number of carbonyl (C=O) groups excluding carboxylic acids is 1. The SMILES string of the molecule is CCN(Cc1nc(-c2cccc(C)c2)no1)C(=O)NC(C)(C)C. The van der Waals surface area contributed by atoms with Crippen molar-refractivity contribution < 1.29 is 9.32 Å². The first-order valence-corrected chi connectivity index (χ1v) is 7.75. The third-order valence-corrected chi connectivity index (χ3v) is 3.22. The van der Waals surface area contributed by atoms with Crippen LogP contribution in [0.2, 0.25) is 0 Å². The van der Waals surface area contributed by atoms with Crippen molar-refractivity contribution in [2.75, 3.05) is 6.54 Å². The summed E-state index contributed by atoms with van der Waals surface area (Å²) in [5.74, 6) is 0.961. The Labute approximate surface area is 136 Å². The summed E-state index contributed by atoms with van der Waals surface area (Å²) in [4.78, 5) is 18.3. The second-order valence-electron chi connectivity index (χ2n) is 6.58. The summed E-state index contributed by atoms with van der Waals surface area (Å²) in [6.07, 6.45) is 0. The summed E-state index contributed by atoms with van der Waals surface area (Å²) in [5.41, 5.74) is 1.75. The van der Waals surface area contributed by atoms with Gasteiger partial charge in [-0.3, -0.25) is 0 Å². The van der Waals surface area contributed by atoms with Crippen molar-refractivity contribution in [1.29, 1.82) is 0 Å². The first-order valence-electron chi connectivity index (χ1n) is 7.75. The highest BCUT2D eigenvalue weighted by molar-refractivity contribution is 5.74. The highest BCUT2D eigenvalue weighted by Gasteiger charge is 2.21. The van der Waals surface area contributed by atoms with Gasteiger partial charge >= 0.3 is 6.03 Å². The maximum atomic E-state index is 12.2. The highest BCUT2D eigenvalue weighted by atomic mass is 16.5. The monoisotopic (exact) mass is 316 g/mol. The van der Waals surface area contributed by atoms with Crippen LogP contribution in [0.5, 0.6) is 0 Å². The standard InChI is InChI=1S/C17H24N4O2/c1-6-21(16(22)19-17(3,4)5)11-14-18-15(20-23-14)13-9-7-8-12(2)10-13/h7-10H,6,11H2,1-5H3,(H,19,22). The number of amides is 2. The summed E-state index contributed by atoms with van der Waals surface area (Å²) in [6.45, 7) is 10.6. The number of nitrogens with zero attached hydrogens (tertiary/aromatic N) is 3. The van der Waals surface area contributed by atoms with Gasteiger partial charge in [0.2, 0.25) is 11.7 Å². The molecule has 1 aromatic heterocycles. The molecule has 1 N–H and O–H groups in total. The van der Waals surface area contributed by atoms with Crippen molar-refractivity contribution in [2.45, 2.75) is 46.7 Å². The zero-order chi connectivity index (χ0) is 17.0. The van der Waals surface area contributed by atoms with Crippen LogP contribution in [-0.2, 0) is 6.54 Å². The van der Waals surface area contributed by atoms with Gasteiger partial charge in [0.05, 0.1) is 0 Å². The predicted octanol–water partition coefficient (Wildman–Crippen LogP) is 3.38. The Morgan fingerprint density at radius 3 is 2.70 bits per heavy atom. The quantitative estimate of drug-likeness (QED) is 0.938. The number of carbonyl (C=O) groups is 1. The Balaban J connectivity index is 2.09. The molecule has 0 aliphatic carbocycles. The molecule has 0 aliphatic heterocycles. The van der Waals surface area contributed by atoms with Crippen LogP contribution in [0.4, 0.5) is 4.79 Å². The molecule has 2 aromatic rings. The molecule has 1 heterocycles. The molecule has 6 nitrogen and oxygen atoms in total. The van der Waals surface area contributed by atoms with Crippen LogP contribution in [-0.4, -0.2) is 33.2 Å². The summed E-state index contributed by atoms with van der Waals surface area (Å²) in [5, 5.41) is 6.94. The van der Waals surface area contributed by atoms with Crippen LogP contribution in [0.1, 0.15) is 39.1 Å². The number of nitrogens with one attached hydrogen (secondary N) is 1. The molecule has 2 amide bonds. The molecule has 0 aliphatic rings. The molecule has 0 spiro atoms. The fourth-order valence-corrected chi connectivity index (χ4v) is 2.11. The van der Waals surface area contributed by atoms with E-state index < -0.39 is 0 Å². The van der Waals surface area contributed by atoms with E-state index in [-0.39, 0.29) is 18.1 Å². The van der Waals surface area contributed by atoms with Crippen LogP contribution in [0, 0.1) is 6.92 Å². The van der Waals surface area contributed by atoms with E-state index in [9.17, 15) is 4.79 Å². The zero-order valence-corrected chi connectivity index (χ0v) is 14.4. The number of aryl methyl sites for hydroxylation is 1. The first-order chi connectivity index (χ1) is 10.8. The van der Waals surface area contributed by atoms with Gasteiger partial charge in [0.15, 0.2) is 0 Å². The molecule has 23 heavy (non-hydrogen) atoms. The zero-order valence-electron chi connectivity index (χ0n) is 14.4. The molecule has 0 saturated heterocycles. The third-order valence-electron chi connectivity index (χ3n) is 3.22. The second kappa shape index (κ2) is 6.81. The molecule has 0 saturated carbocycles. The van der Waals surface area contributed by atoms with Crippen LogP contribution in [0.25, 0.3) is 11.4 Å². The van der Waals surface area contributed by atoms with Crippen molar-refractivity contribution >= 4 is 6.03 Å². The maximum absolute atomic E-state index is 12.2. The molecule has 0 unspecified atom stereocenters. The summed E-state index contributed by atoms with van der Waals surface area (Å²) >= 11 is 0. The molecule has 0 atom stereocenters. The van der Waals surface area contributed by atoms with E-state index in [2.05, 4.69) is 15.5 Å². The number of benzene rings is 1. The number of urea groups is 1. The molecule has 124 valence electrons. The lowest BCUT2D eigenvalue weighted by Crippen LogP contribution is -2.48. The summed E-state index contributed by atoms with van der Waals surface area (Å²) in [6, 6.07) is 7.76. The average Bonchev–Trinajstić information content (AvgIpc) is 2.91. The van der Waals surface area contributed by atoms with Crippen LogP contribution in [0.15, 0.2) is 28.8 Å². The van der Waals surface area contributed by atoms with Gasteiger partial charge in [0.1, 0.15) is 6.54 Å². The number of hydrogen-bond donors (Lipinski definition) is 1. The van der Waals surface area contributed by atoms with E-state index in [4.69, 9.17) is 4.52 Å². The predicted molar refractivity (Wildman–Crippen MR) is 88.8 cm³/mol. The van der Waals surface area contributed by atoms with E-state index >= 15 is 0 Å². The van der Waals surface area contributed by atoms with Crippen molar-refractivity contribution in [1.82, 2.24) is 20.4 Å². The van der Waals surface area contributed by atoms with Crippen LogP contribution < -0.4 is 5.32 Å². The summed E-state index contributed by atoms with van der Waals surface area (Å²) < 4.78 is 5.29. The molecule has 6 heteroatoms. The van der Waals surface area contributed by atoms with Crippen molar-refractivity contribution in [3.05, 3.63) is 35.7 Å². The molecule has 2 rings (SSSR count). The van der Waals surface area contributed by atoms with Crippen LogP contribution in [0.3, 0.4) is 0 Å². The van der Waals surface area contributed by atoms with E-state index in [0.717, 1.165) is 11.1 Å². The topological polar surface area (TPSA) is 71.3 Å². The Morgan fingerprint density at radius 1 is 1.35 bits per heavy atom. The van der Waals surface area contributed by atoms with Crippen LogP contribution >= 0.6 is 0 Å². The number of rotatable bonds is 4. The smallest absolute Gasteiger partial charge is 0.318 e. The Kier molecular flexibility index (Phi) is 5.03. The van der Waals surface area contributed by atoms with Gasteiger partial charge in [-0.15, -0.1) is 0 Å². The van der Waals surface area contributed by atoms with E-state index in [1.54, 1.807) is 4.90 Å². The van der Waals surface area contributed by atoms with Gasteiger partial charge in [-0.05, 0) is 40.7 Å². The molecular formula is C17H24N4O2. The molecule has 1 aromatic carbocycles. The third kappa shape index (κ3) is 4.81. The first kappa shape index (κ1) is 17.0. The Hall–Kier alpha value is -2.37. The van der Waals surface area contributed by atoms with Gasteiger partial charge in [0.25, 0.3) is 0 Å². The van der Waals surface area contributed by atoms with Gasteiger partial charge < -0.3 is 14.7 Å². The minimum absolute atomic E-state index is 0.143. The molecule has 0 fully saturated rings. The lowest BCUT2D eigenvalue weighted by Gasteiger charge is -2.26. The lowest BCUT2D eigenvalue weighted by atomic mass is 10.1. The van der Waals surface area contributed by atoms with Gasteiger partial charge in [-0.1, -0.05) is 28.9 Å². The number of hydrogen-bond acceptors (Lipinski definition) is 4. The van der Waals surface area contributed by atoms with Gasteiger partial charge in [-0.2, -0.15) is 4.98 Å². The second-order valence-corrected chi connectivity index (χ2v) is 6.58. The van der Waals surface area contributed by atoms with E-state index in [1.807, 2.05) is 58.9 Å². The highest BCUT2D eigenvalue weighted by Crippen LogP contribution is 2.17. The minimum Gasteiger partial charge on any atom is -0.337 e. The number of aromatic nitrogens is 2. The van der Waals surface area contributed by atoms with Crippen molar-refractivity contribution in [3.63, 3.8) is 0 Å². The Morgan fingerprint density at radius 2 is 2.09 bits per heavy atom. The lowest BCUT2D eigenvalue weighted by molar-refractivity contribution is 0.181. The Bertz CT molecular complexity index is 673. The largest absolute Gasteiger partial charge is 0.337 e. The fraction of sp³-hybridized carbons (Fsp3) is 0.471. The van der Waals surface area contributed by atoms with Gasteiger partial charge in [-0.25, -0.2) is 4.79 Å². The van der Waals surface area contributed by atoms with Crippen molar-refractivity contribution in [3.8, 4) is 11.4 Å². The summed E-state index contributed by atoms with van der Waals surface area (Å²) in [7, 11) is 0. The fourth-order valence-electron chi connectivity index (χ4n) is 2.11. The molecule has 0 bridgehead atoms. The molecular weight excluding hydrogens is 292 g/mol.